The van der Waals surface area contributed by atoms with E-state index < -0.39 is 0 Å². The van der Waals surface area contributed by atoms with Crippen molar-refractivity contribution < 1.29 is 4.42 Å². The summed E-state index contributed by atoms with van der Waals surface area (Å²) in [5, 5.41) is 1.98. The van der Waals surface area contributed by atoms with E-state index in [2.05, 4.69) is 127 Å². The molecular formula is C51H33N3O. The molecule has 0 radical (unpaired) electrons. The van der Waals surface area contributed by atoms with E-state index >= 15 is 0 Å². The number of rotatable bonds is 7. The van der Waals surface area contributed by atoms with Gasteiger partial charge in [0.15, 0.2) is 17.5 Å². The van der Waals surface area contributed by atoms with Gasteiger partial charge in [-0.15, -0.1) is 0 Å². The van der Waals surface area contributed by atoms with Gasteiger partial charge in [0.2, 0.25) is 0 Å². The molecule has 55 heavy (non-hydrogen) atoms. The quantitative estimate of drug-likeness (QED) is 0.166. The summed E-state index contributed by atoms with van der Waals surface area (Å²) in [6, 6.07) is 69.4. The first-order valence-corrected chi connectivity index (χ1v) is 18.4. The van der Waals surface area contributed by atoms with Crippen molar-refractivity contribution in [3.63, 3.8) is 0 Å². The lowest BCUT2D eigenvalue weighted by Crippen LogP contribution is -2.00. The minimum absolute atomic E-state index is 0.598. The van der Waals surface area contributed by atoms with Gasteiger partial charge >= 0.3 is 0 Å². The monoisotopic (exact) mass is 703 g/mol. The van der Waals surface area contributed by atoms with E-state index in [1.165, 1.54) is 22.3 Å². The van der Waals surface area contributed by atoms with Gasteiger partial charge in [-0.05, 0) is 62.7 Å². The summed E-state index contributed by atoms with van der Waals surface area (Å²) in [5.74, 6) is 1.85. The normalized spacial score (nSPS) is 11.3. The van der Waals surface area contributed by atoms with Crippen molar-refractivity contribution in [1.82, 2.24) is 15.0 Å². The van der Waals surface area contributed by atoms with Crippen molar-refractivity contribution >= 4 is 21.9 Å². The van der Waals surface area contributed by atoms with Crippen LogP contribution in [0.3, 0.4) is 0 Å². The largest absolute Gasteiger partial charge is 0.456 e. The summed E-state index contributed by atoms with van der Waals surface area (Å²) < 4.78 is 6.48. The zero-order valence-corrected chi connectivity index (χ0v) is 29.8. The van der Waals surface area contributed by atoms with Crippen LogP contribution in [-0.4, -0.2) is 15.0 Å². The number of hydrogen-bond acceptors (Lipinski definition) is 4. The van der Waals surface area contributed by atoms with Gasteiger partial charge in [0.25, 0.3) is 0 Å². The van der Waals surface area contributed by atoms with Gasteiger partial charge in [-0.1, -0.05) is 182 Å². The fourth-order valence-corrected chi connectivity index (χ4v) is 7.53. The molecule has 10 rings (SSSR count). The molecule has 0 aliphatic rings. The van der Waals surface area contributed by atoms with Gasteiger partial charge in [-0.25, -0.2) is 15.0 Å². The molecule has 258 valence electrons. The van der Waals surface area contributed by atoms with Crippen LogP contribution in [0.5, 0.6) is 0 Å². The Labute approximate surface area is 319 Å². The summed E-state index contributed by atoms with van der Waals surface area (Å²) in [5.41, 5.74) is 13.7. The Kier molecular flexibility index (Phi) is 8.12. The zero-order valence-electron chi connectivity index (χ0n) is 29.8. The lowest BCUT2D eigenvalue weighted by molar-refractivity contribution is 0.669. The summed E-state index contributed by atoms with van der Waals surface area (Å²) in [7, 11) is 0. The predicted octanol–water partition coefficient (Wildman–Crippen LogP) is 13.4. The van der Waals surface area contributed by atoms with Crippen molar-refractivity contribution in [2.24, 2.45) is 0 Å². The number of hydrogen-bond donors (Lipinski definition) is 0. The van der Waals surface area contributed by atoms with E-state index in [4.69, 9.17) is 19.4 Å². The zero-order chi connectivity index (χ0) is 36.6. The van der Waals surface area contributed by atoms with E-state index in [-0.39, 0.29) is 0 Å². The second-order valence-electron chi connectivity index (χ2n) is 13.6. The maximum absolute atomic E-state index is 6.48. The predicted molar refractivity (Wildman–Crippen MR) is 225 cm³/mol. The number of furan rings is 1. The Hall–Kier alpha value is -7.43. The van der Waals surface area contributed by atoms with Crippen molar-refractivity contribution in [3.8, 4) is 78.7 Å². The fraction of sp³-hybridized carbons (Fsp3) is 0. The van der Waals surface area contributed by atoms with E-state index in [0.717, 1.165) is 60.9 Å². The van der Waals surface area contributed by atoms with Gasteiger partial charge in [0.1, 0.15) is 11.2 Å². The van der Waals surface area contributed by atoms with Crippen LogP contribution in [0.1, 0.15) is 0 Å². The molecule has 0 amide bonds. The molecule has 0 aliphatic carbocycles. The van der Waals surface area contributed by atoms with Crippen molar-refractivity contribution in [3.05, 3.63) is 200 Å². The Morgan fingerprint density at radius 2 is 0.673 bits per heavy atom. The molecule has 0 aliphatic heterocycles. The first-order chi connectivity index (χ1) is 27.3. The Balaban J connectivity index is 1.08. The molecule has 0 atom stereocenters. The van der Waals surface area contributed by atoms with E-state index in [9.17, 15) is 0 Å². The Morgan fingerprint density at radius 3 is 1.20 bits per heavy atom. The van der Waals surface area contributed by atoms with Crippen molar-refractivity contribution in [2.75, 3.05) is 0 Å². The molecule has 0 spiro atoms. The summed E-state index contributed by atoms with van der Waals surface area (Å²) in [6.07, 6.45) is 0. The molecule has 0 saturated heterocycles. The molecule has 2 heterocycles. The topological polar surface area (TPSA) is 51.8 Å². The first kappa shape index (κ1) is 32.2. The molecule has 0 saturated carbocycles. The number of nitrogens with zero attached hydrogens (tertiary/aromatic N) is 3. The molecule has 8 aromatic carbocycles. The SMILES string of the molecule is c1ccc(-c2nc(-c3ccccc3)nc(-c3cccc4oc5ccc(-c6ccccc6-c6ccc(-c7ccccc7-c7ccccc7)cc6)cc5c34)n2)cc1. The standard InChI is InChI=1S/C51H33N3O/c1-4-15-34(16-5-1)40-21-10-11-22-41(40)35-27-29-36(30-28-35)42-23-12-13-24-43(42)39-31-32-46-45(33-39)48-44(25-14-26-47(48)55-46)51-53-49(37-17-6-2-7-18-37)52-50(54-51)38-19-8-3-9-20-38/h1-33H. The highest BCUT2D eigenvalue weighted by Crippen LogP contribution is 2.41. The maximum Gasteiger partial charge on any atom is 0.164 e. The third-order valence-corrected chi connectivity index (χ3v) is 10.2. The molecule has 4 heteroatoms. The highest BCUT2D eigenvalue weighted by atomic mass is 16.3. The summed E-state index contributed by atoms with van der Waals surface area (Å²) >= 11 is 0. The number of fused-ring (bicyclic) bond motifs is 3. The summed E-state index contributed by atoms with van der Waals surface area (Å²) in [4.78, 5) is 15.0. The molecular weight excluding hydrogens is 671 g/mol. The highest BCUT2D eigenvalue weighted by Gasteiger charge is 2.19. The first-order valence-electron chi connectivity index (χ1n) is 18.4. The average molecular weight is 704 g/mol. The third kappa shape index (κ3) is 6.06. The minimum Gasteiger partial charge on any atom is -0.456 e. The Bertz CT molecular complexity index is 2900. The molecule has 0 fully saturated rings. The van der Waals surface area contributed by atoms with Crippen molar-refractivity contribution in [2.45, 2.75) is 0 Å². The van der Waals surface area contributed by atoms with Crippen LogP contribution in [0.2, 0.25) is 0 Å². The molecule has 0 unspecified atom stereocenters. The van der Waals surface area contributed by atoms with Gasteiger partial charge in [0.05, 0.1) is 0 Å². The molecule has 10 aromatic rings. The molecule has 2 aromatic heterocycles. The number of aromatic nitrogens is 3. The second-order valence-corrected chi connectivity index (χ2v) is 13.6. The van der Waals surface area contributed by atoms with E-state index in [1.807, 2.05) is 72.8 Å². The van der Waals surface area contributed by atoms with Gasteiger partial charge < -0.3 is 4.42 Å². The van der Waals surface area contributed by atoms with Crippen LogP contribution < -0.4 is 0 Å². The Morgan fingerprint density at radius 1 is 0.273 bits per heavy atom. The molecule has 4 nitrogen and oxygen atoms in total. The van der Waals surface area contributed by atoms with Gasteiger partial charge in [0, 0.05) is 27.5 Å². The van der Waals surface area contributed by atoms with Gasteiger partial charge in [-0.2, -0.15) is 0 Å². The third-order valence-electron chi connectivity index (χ3n) is 10.2. The maximum atomic E-state index is 6.48. The van der Waals surface area contributed by atoms with Crippen LogP contribution in [-0.2, 0) is 0 Å². The number of benzene rings is 8. The minimum atomic E-state index is 0.598. The van der Waals surface area contributed by atoms with Gasteiger partial charge in [-0.3, -0.25) is 0 Å². The van der Waals surface area contributed by atoms with E-state index in [1.54, 1.807) is 0 Å². The lowest BCUT2D eigenvalue weighted by Gasteiger charge is -2.13. The average Bonchev–Trinajstić information content (AvgIpc) is 3.65. The van der Waals surface area contributed by atoms with Crippen LogP contribution in [0, 0.1) is 0 Å². The molecule has 0 bridgehead atoms. The van der Waals surface area contributed by atoms with Crippen LogP contribution >= 0.6 is 0 Å². The smallest absolute Gasteiger partial charge is 0.164 e. The van der Waals surface area contributed by atoms with Crippen LogP contribution in [0.25, 0.3) is 101 Å². The lowest BCUT2D eigenvalue weighted by atomic mass is 9.91. The summed E-state index contributed by atoms with van der Waals surface area (Å²) in [6.45, 7) is 0. The van der Waals surface area contributed by atoms with Crippen LogP contribution in [0.15, 0.2) is 205 Å². The van der Waals surface area contributed by atoms with Crippen molar-refractivity contribution in [1.29, 1.82) is 0 Å². The van der Waals surface area contributed by atoms with E-state index in [0.29, 0.717) is 17.5 Å². The second kappa shape index (κ2) is 13.8. The fourth-order valence-electron chi connectivity index (χ4n) is 7.53. The highest BCUT2D eigenvalue weighted by molar-refractivity contribution is 6.13. The van der Waals surface area contributed by atoms with Crippen LogP contribution in [0.4, 0.5) is 0 Å². The molecule has 0 N–H and O–H groups in total.